The van der Waals surface area contributed by atoms with Gasteiger partial charge >= 0.3 is 0 Å². The highest BCUT2D eigenvalue weighted by molar-refractivity contribution is 4.89. The third kappa shape index (κ3) is 3.53. The topological polar surface area (TPSA) is 9.23 Å². The summed E-state index contributed by atoms with van der Waals surface area (Å²) in [5.74, 6) is 0. The Balaban J connectivity index is 3.17. The quantitative estimate of drug-likeness (QED) is 0.508. The van der Waals surface area contributed by atoms with Crippen LogP contribution >= 0.6 is 0 Å². The molecule has 0 fully saturated rings. The molecule has 0 rings (SSSR count). The zero-order chi connectivity index (χ0) is 5.70. The normalized spacial score (nSPS) is 12.1. The van der Waals surface area contributed by atoms with Crippen LogP contribution in [0, 0.1) is 6.08 Å². The molecule has 7 heavy (non-hydrogen) atoms. The van der Waals surface area contributed by atoms with Crippen LogP contribution in [0.1, 0.15) is 13.8 Å². The highest BCUT2D eigenvalue weighted by Crippen LogP contribution is 1.87. The van der Waals surface area contributed by atoms with Crippen LogP contribution in [0.2, 0.25) is 0 Å². The highest BCUT2D eigenvalue weighted by Gasteiger charge is 1.80. The fraction of sp³-hybridized carbons (Fsp3) is 0.667. The summed E-state index contributed by atoms with van der Waals surface area (Å²) in [5, 5.41) is 0. The molecule has 0 saturated heterocycles. The number of ether oxygens (including phenoxy) is 1. The Morgan fingerprint density at radius 1 is 1.71 bits per heavy atom. The minimum atomic E-state index is 0.705. The molecule has 41 valence electrons. The molecule has 0 aliphatic carbocycles. The summed E-state index contributed by atoms with van der Waals surface area (Å²) in [4.78, 5) is 0. The van der Waals surface area contributed by atoms with Gasteiger partial charge < -0.3 is 4.74 Å². The van der Waals surface area contributed by atoms with E-state index >= 15 is 0 Å². The van der Waals surface area contributed by atoms with Gasteiger partial charge in [0.15, 0.2) is 0 Å². The van der Waals surface area contributed by atoms with Gasteiger partial charge in [0.25, 0.3) is 0 Å². The number of hydrogen-bond donors (Lipinski definition) is 0. The molecule has 0 N–H and O–H groups in total. The first kappa shape index (κ1) is 6.70. The van der Waals surface area contributed by atoms with Crippen LogP contribution in [0.5, 0.6) is 0 Å². The molecular formula is C6H11O. The molecule has 0 aromatic rings. The first-order valence-corrected chi connectivity index (χ1v) is 2.30. The van der Waals surface area contributed by atoms with Gasteiger partial charge in [-0.1, -0.05) is 0 Å². The number of hydrogen-bond acceptors (Lipinski definition) is 1. The minimum absolute atomic E-state index is 0.705. The average Bonchev–Trinajstić information content (AvgIpc) is 1.68. The second kappa shape index (κ2) is 3.88. The van der Waals surface area contributed by atoms with E-state index in [-0.39, 0.29) is 0 Å². The van der Waals surface area contributed by atoms with Gasteiger partial charge in [-0.15, -0.1) is 0 Å². The Hall–Kier alpha value is -0.300. The molecule has 0 unspecified atom stereocenters. The van der Waals surface area contributed by atoms with Crippen molar-refractivity contribution in [3.05, 3.63) is 11.6 Å². The Bertz CT molecular complexity index is 64.6. The minimum Gasteiger partial charge on any atom is -0.380 e. The SMILES string of the molecule is C/[C]=C(\C)COC. The van der Waals surface area contributed by atoms with Crippen molar-refractivity contribution in [1.82, 2.24) is 0 Å². The molecule has 0 bridgehead atoms. The molecule has 0 aliphatic heterocycles. The van der Waals surface area contributed by atoms with Gasteiger partial charge in [-0.2, -0.15) is 0 Å². The molecule has 0 spiro atoms. The first-order valence-electron chi connectivity index (χ1n) is 2.30. The monoisotopic (exact) mass is 99.1 g/mol. The van der Waals surface area contributed by atoms with Crippen molar-refractivity contribution in [2.45, 2.75) is 13.8 Å². The van der Waals surface area contributed by atoms with Crippen molar-refractivity contribution < 1.29 is 4.74 Å². The summed E-state index contributed by atoms with van der Waals surface area (Å²) in [5.41, 5.74) is 1.16. The molecule has 1 heteroatoms. The molecule has 0 amide bonds. The van der Waals surface area contributed by atoms with Crippen molar-refractivity contribution in [1.29, 1.82) is 0 Å². The third-order valence-corrected chi connectivity index (χ3v) is 0.788. The zero-order valence-corrected chi connectivity index (χ0v) is 5.12. The fourth-order valence-corrected chi connectivity index (χ4v) is 0.289. The maximum atomic E-state index is 4.79. The smallest absolute Gasteiger partial charge is 0.0675 e. The summed E-state index contributed by atoms with van der Waals surface area (Å²) in [6.45, 7) is 4.58. The maximum absolute atomic E-state index is 4.79. The van der Waals surface area contributed by atoms with Gasteiger partial charge in [0.2, 0.25) is 0 Å². The van der Waals surface area contributed by atoms with E-state index in [1.807, 2.05) is 13.8 Å². The zero-order valence-electron chi connectivity index (χ0n) is 5.12. The lowest BCUT2D eigenvalue weighted by Gasteiger charge is -1.92. The van der Waals surface area contributed by atoms with Crippen LogP contribution in [0.4, 0.5) is 0 Å². The molecule has 0 aromatic carbocycles. The molecule has 1 radical (unpaired) electrons. The fourth-order valence-electron chi connectivity index (χ4n) is 0.289. The lowest BCUT2D eigenvalue weighted by Crippen LogP contribution is -1.87. The summed E-state index contributed by atoms with van der Waals surface area (Å²) in [6.07, 6.45) is 2.96. The van der Waals surface area contributed by atoms with Crippen LogP contribution in [0.3, 0.4) is 0 Å². The van der Waals surface area contributed by atoms with Crippen LogP contribution in [0.25, 0.3) is 0 Å². The van der Waals surface area contributed by atoms with E-state index in [0.717, 1.165) is 5.57 Å². The van der Waals surface area contributed by atoms with Crippen LogP contribution in [-0.4, -0.2) is 13.7 Å². The standard InChI is InChI=1S/C6H11O/c1-4-6(2)5-7-3/h5H2,1-3H3. The van der Waals surface area contributed by atoms with E-state index < -0.39 is 0 Å². The Morgan fingerprint density at radius 2 is 2.29 bits per heavy atom. The summed E-state index contributed by atoms with van der Waals surface area (Å²) < 4.78 is 4.79. The molecule has 0 atom stereocenters. The number of rotatable bonds is 2. The van der Waals surface area contributed by atoms with Gasteiger partial charge in [-0.05, 0) is 25.5 Å². The van der Waals surface area contributed by atoms with E-state index in [1.165, 1.54) is 0 Å². The molecule has 0 aliphatic rings. The predicted molar refractivity (Wildman–Crippen MR) is 30.0 cm³/mol. The summed E-state index contributed by atoms with van der Waals surface area (Å²) in [7, 11) is 1.68. The predicted octanol–water partition coefficient (Wildman–Crippen LogP) is 1.40. The van der Waals surface area contributed by atoms with E-state index in [9.17, 15) is 0 Å². The van der Waals surface area contributed by atoms with Crippen LogP contribution < -0.4 is 0 Å². The lowest BCUT2D eigenvalue weighted by molar-refractivity contribution is 0.225. The Labute approximate surface area is 45.0 Å². The molecule has 0 aromatic heterocycles. The largest absolute Gasteiger partial charge is 0.380 e. The van der Waals surface area contributed by atoms with Crippen molar-refractivity contribution in [2.24, 2.45) is 0 Å². The summed E-state index contributed by atoms with van der Waals surface area (Å²) >= 11 is 0. The van der Waals surface area contributed by atoms with Crippen molar-refractivity contribution in [3.63, 3.8) is 0 Å². The Morgan fingerprint density at radius 3 is 2.43 bits per heavy atom. The number of allylic oxidation sites excluding steroid dienone is 1. The van der Waals surface area contributed by atoms with Gasteiger partial charge in [0, 0.05) is 7.11 Å². The van der Waals surface area contributed by atoms with Crippen molar-refractivity contribution in [2.75, 3.05) is 13.7 Å². The number of methoxy groups -OCH3 is 1. The Kier molecular flexibility index (Phi) is 3.71. The molecular weight excluding hydrogens is 88.1 g/mol. The maximum Gasteiger partial charge on any atom is 0.0675 e. The third-order valence-electron chi connectivity index (χ3n) is 0.788. The van der Waals surface area contributed by atoms with Gasteiger partial charge in [0.05, 0.1) is 6.61 Å². The van der Waals surface area contributed by atoms with E-state index in [0.29, 0.717) is 6.61 Å². The van der Waals surface area contributed by atoms with E-state index in [4.69, 9.17) is 4.74 Å². The summed E-state index contributed by atoms with van der Waals surface area (Å²) in [6, 6.07) is 0. The average molecular weight is 99.2 g/mol. The van der Waals surface area contributed by atoms with Gasteiger partial charge in [0.1, 0.15) is 0 Å². The van der Waals surface area contributed by atoms with Crippen molar-refractivity contribution >= 4 is 0 Å². The lowest BCUT2D eigenvalue weighted by atomic mass is 10.3. The van der Waals surface area contributed by atoms with E-state index in [2.05, 4.69) is 6.08 Å². The van der Waals surface area contributed by atoms with Gasteiger partial charge in [-0.25, -0.2) is 0 Å². The van der Waals surface area contributed by atoms with Gasteiger partial charge in [-0.3, -0.25) is 0 Å². The second-order valence-corrected chi connectivity index (χ2v) is 1.46. The highest BCUT2D eigenvalue weighted by atomic mass is 16.5. The molecule has 0 heterocycles. The van der Waals surface area contributed by atoms with Crippen LogP contribution in [-0.2, 0) is 4.74 Å². The molecule has 0 saturated carbocycles. The van der Waals surface area contributed by atoms with Crippen LogP contribution in [0.15, 0.2) is 5.57 Å². The van der Waals surface area contributed by atoms with E-state index in [1.54, 1.807) is 7.11 Å². The van der Waals surface area contributed by atoms with Crippen molar-refractivity contribution in [3.8, 4) is 0 Å². The molecule has 1 nitrogen and oxygen atoms in total. The first-order chi connectivity index (χ1) is 3.31. The second-order valence-electron chi connectivity index (χ2n) is 1.46.